The van der Waals surface area contributed by atoms with Gasteiger partial charge in [-0.1, -0.05) is 12.2 Å². The van der Waals surface area contributed by atoms with Crippen molar-refractivity contribution < 1.29 is 0 Å². The number of rotatable bonds is 0. The van der Waals surface area contributed by atoms with Crippen LogP contribution in [-0.2, 0) is 0 Å². The van der Waals surface area contributed by atoms with E-state index in [-0.39, 0.29) is 0 Å². The molecule has 0 bridgehead atoms. The highest BCUT2D eigenvalue weighted by Crippen LogP contribution is 2.24. The van der Waals surface area contributed by atoms with Crippen LogP contribution in [0.2, 0.25) is 0 Å². The minimum atomic E-state index is 0.419. The first-order valence-corrected chi connectivity index (χ1v) is 3.12. The summed E-state index contributed by atoms with van der Waals surface area (Å²) in [5.74, 6) is 0.523. The maximum absolute atomic E-state index is 4.15. The zero-order valence-electron chi connectivity index (χ0n) is 5.28. The van der Waals surface area contributed by atoms with Crippen molar-refractivity contribution in [1.82, 2.24) is 0 Å². The summed E-state index contributed by atoms with van der Waals surface area (Å²) < 4.78 is 0. The molecule has 9 heavy (non-hydrogen) atoms. The average molecular weight is 120 g/mol. The average Bonchev–Trinajstić information content (AvgIpc) is 1.74. The van der Waals surface area contributed by atoms with Crippen LogP contribution < -0.4 is 0 Å². The Morgan fingerprint density at radius 2 is 2.33 bits per heavy atom. The summed E-state index contributed by atoms with van der Waals surface area (Å²) in [7, 11) is 0. The maximum atomic E-state index is 4.15. The molecule has 0 N–H and O–H groups in total. The normalized spacial score (nSPS) is 37.2. The zero-order valence-corrected chi connectivity index (χ0v) is 5.28. The van der Waals surface area contributed by atoms with Crippen LogP contribution in [0.25, 0.3) is 0 Å². The van der Waals surface area contributed by atoms with Gasteiger partial charge in [-0.2, -0.15) is 0 Å². The second-order valence-corrected chi connectivity index (χ2v) is 2.44. The summed E-state index contributed by atoms with van der Waals surface area (Å²) in [6, 6.07) is 0.419. The maximum Gasteiger partial charge on any atom is 0.110 e. The minimum absolute atomic E-state index is 0.419. The van der Waals surface area contributed by atoms with Crippen LogP contribution in [0.5, 0.6) is 0 Å². The predicted molar refractivity (Wildman–Crippen MR) is 38.0 cm³/mol. The van der Waals surface area contributed by atoms with Crippen molar-refractivity contribution in [2.75, 3.05) is 0 Å². The third kappa shape index (κ3) is 0.559. The largest absolute Gasteiger partial charge is 0.265 e. The number of nitrogens with zero attached hydrogens (tertiary/aromatic N) is 2. The van der Waals surface area contributed by atoms with E-state index in [0.717, 1.165) is 0 Å². The molecule has 46 valence electrons. The van der Waals surface area contributed by atoms with E-state index in [1.807, 2.05) is 6.92 Å². The van der Waals surface area contributed by atoms with Crippen LogP contribution in [0.15, 0.2) is 22.1 Å². The molecule has 0 fully saturated rings. The molecule has 0 saturated heterocycles. The summed E-state index contributed by atoms with van der Waals surface area (Å²) >= 11 is 0. The number of fused-ring (bicyclic) bond motifs is 1. The topological polar surface area (TPSA) is 24.7 Å². The van der Waals surface area contributed by atoms with Gasteiger partial charge in [-0.05, 0) is 6.92 Å². The molecule has 2 rings (SSSR count). The second kappa shape index (κ2) is 1.53. The van der Waals surface area contributed by atoms with E-state index in [2.05, 4.69) is 22.1 Å². The molecule has 2 nitrogen and oxygen atoms in total. The van der Waals surface area contributed by atoms with Crippen molar-refractivity contribution in [3.05, 3.63) is 12.2 Å². The third-order valence-corrected chi connectivity index (χ3v) is 1.87. The molecule has 0 radical (unpaired) electrons. The monoisotopic (exact) mass is 120 g/mol. The zero-order chi connectivity index (χ0) is 6.27. The molecule has 1 unspecified atom stereocenters. The molecule has 0 saturated carbocycles. The first kappa shape index (κ1) is 4.91. The smallest absolute Gasteiger partial charge is 0.110 e. The summed E-state index contributed by atoms with van der Waals surface area (Å²) in [6.07, 6.45) is 5.92. The van der Waals surface area contributed by atoms with Gasteiger partial charge in [0.1, 0.15) is 6.34 Å². The van der Waals surface area contributed by atoms with Gasteiger partial charge in [0.2, 0.25) is 0 Å². The SMILES string of the molecule is CC1=NC=NC2C=C[C@@H]12. The van der Waals surface area contributed by atoms with E-state index >= 15 is 0 Å². The van der Waals surface area contributed by atoms with E-state index in [9.17, 15) is 0 Å². The van der Waals surface area contributed by atoms with Gasteiger partial charge in [-0.15, -0.1) is 0 Å². The third-order valence-electron chi connectivity index (χ3n) is 1.87. The van der Waals surface area contributed by atoms with Crippen molar-refractivity contribution >= 4 is 12.1 Å². The standard InChI is InChI=1S/C7H8N2/c1-5-6-2-3-7(6)9-4-8-5/h2-4,6-7H,1H3/t6-,7?/m0/s1. The van der Waals surface area contributed by atoms with Crippen molar-refractivity contribution in [2.24, 2.45) is 15.9 Å². The fraction of sp³-hybridized carbons (Fsp3) is 0.429. The minimum Gasteiger partial charge on any atom is -0.265 e. The lowest BCUT2D eigenvalue weighted by Crippen LogP contribution is -2.31. The van der Waals surface area contributed by atoms with Crippen molar-refractivity contribution in [2.45, 2.75) is 13.0 Å². The molecule has 1 heterocycles. The highest BCUT2D eigenvalue weighted by molar-refractivity contribution is 5.95. The highest BCUT2D eigenvalue weighted by Gasteiger charge is 2.26. The van der Waals surface area contributed by atoms with E-state index in [4.69, 9.17) is 0 Å². The van der Waals surface area contributed by atoms with Crippen molar-refractivity contribution in [3.8, 4) is 0 Å². The Bertz CT molecular complexity index is 213. The molecule has 1 aliphatic carbocycles. The number of hydrogen-bond acceptors (Lipinski definition) is 2. The molecule has 0 aromatic carbocycles. The molecule has 0 aromatic rings. The lowest BCUT2D eigenvalue weighted by atomic mass is 9.85. The van der Waals surface area contributed by atoms with Crippen molar-refractivity contribution in [1.29, 1.82) is 0 Å². The number of aliphatic imine (C=N–C) groups is 2. The molecule has 0 amide bonds. The van der Waals surface area contributed by atoms with Gasteiger partial charge in [0.15, 0.2) is 0 Å². The summed E-state index contributed by atoms with van der Waals surface area (Å²) in [6.45, 7) is 2.05. The van der Waals surface area contributed by atoms with Crippen molar-refractivity contribution in [3.63, 3.8) is 0 Å². The van der Waals surface area contributed by atoms with Crippen LogP contribution in [0.1, 0.15) is 6.92 Å². The quantitative estimate of drug-likeness (QED) is 0.427. The van der Waals surface area contributed by atoms with E-state index in [1.54, 1.807) is 6.34 Å². The van der Waals surface area contributed by atoms with Crippen LogP contribution in [-0.4, -0.2) is 18.1 Å². The molecule has 2 aliphatic rings. The fourth-order valence-electron chi connectivity index (χ4n) is 1.14. The van der Waals surface area contributed by atoms with Crippen LogP contribution >= 0.6 is 0 Å². The van der Waals surface area contributed by atoms with Gasteiger partial charge in [-0.25, -0.2) is 4.99 Å². The molecular formula is C7H8N2. The lowest BCUT2D eigenvalue weighted by Gasteiger charge is -2.27. The van der Waals surface area contributed by atoms with E-state index in [1.165, 1.54) is 5.71 Å². The Kier molecular flexibility index (Phi) is 0.835. The number of hydrogen-bond donors (Lipinski definition) is 0. The molecule has 1 aliphatic heterocycles. The molecular weight excluding hydrogens is 112 g/mol. The Morgan fingerprint density at radius 3 is 2.78 bits per heavy atom. The van der Waals surface area contributed by atoms with E-state index in [0.29, 0.717) is 12.0 Å². The molecule has 0 aromatic heterocycles. The van der Waals surface area contributed by atoms with Gasteiger partial charge in [-0.3, -0.25) is 4.99 Å². The Morgan fingerprint density at radius 1 is 1.44 bits per heavy atom. The predicted octanol–water partition coefficient (Wildman–Crippen LogP) is 1.04. The van der Waals surface area contributed by atoms with E-state index < -0.39 is 0 Å². The molecule has 2 heteroatoms. The van der Waals surface area contributed by atoms with Gasteiger partial charge in [0.05, 0.1) is 6.04 Å². The van der Waals surface area contributed by atoms with Crippen LogP contribution in [0.3, 0.4) is 0 Å². The van der Waals surface area contributed by atoms with Crippen LogP contribution in [0, 0.1) is 5.92 Å². The lowest BCUT2D eigenvalue weighted by molar-refractivity contribution is 0.657. The molecule has 2 atom stereocenters. The van der Waals surface area contributed by atoms with Gasteiger partial charge >= 0.3 is 0 Å². The fourth-order valence-corrected chi connectivity index (χ4v) is 1.14. The van der Waals surface area contributed by atoms with Gasteiger partial charge in [0, 0.05) is 11.6 Å². The Balaban J connectivity index is 2.35. The van der Waals surface area contributed by atoms with Crippen LogP contribution in [0.4, 0.5) is 0 Å². The van der Waals surface area contributed by atoms with Gasteiger partial charge < -0.3 is 0 Å². The Hall–Kier alpha value is -0.920. The Labute approximate surface area is 54.0 Å². The first-order chi connectivity index (χ1) is 4.38. The van der Waals surface area contributed by atoms with Gasteiger partial charge in [0.25, 0.3) is 0 Å². The summed E-state index contributed by atoms with van der Waals surface area (Å²) in [4.78, 5) is 8.24. The summed E-state index contributed by atoms with van der Waals surface area (Å²) in [5, 5.41) is 0. The second-order valence-electron chi connectivity index (χ2n) is 2.44. The summed E-state index contributed by atoms with van der Waals surface area (Å²) in [5.41, 5.74) is 1.19. The highest BCUT2D eigenvalue weighted by atomic mass is 14.9. The molecule has 0 spiro atoms. The first-order valence-electron chi connectivity index (χ1n) is 3.12.